The van der Waals surface area contributed by atoms with Crippen molar-refractivity contribution in [2.75, 3.05) is 30.9 Å². The van der Waals surface area contributed by atoms with Gasteiger partial charge in [0, 0.05) is 39.8 Å². The first-order valence-electron chi connectivity index (χ1n) is 12.7. The zero-order valence-electron chi connectivity index (χ0n) is 23.0. The van der Waals surface area contributed by atoms with E-state index in [0.717, 1.165) is 42.0 Å². The first-order chi connectivity index (χ1) is 17.8. The number of amides is 1. The molecule has 0 unspecified atom stereocenters. The molecular formula is C28H37N5O4S. The highest BCUT2D eigenvalue weighted by Gasteiger charge is 2.26. The Bertz CT molecular complexity index is 1400. The maximum absolute atomic E-state index is 13.0. The van der Waals surface area contributed by atoms with E-state index in [0.29, 0.717) is 24.5 Å². The minimum Gasteiger partial charge on any atom is -0.444 e. The molecule has 0 radical (unpaired) electrons. The molecule has 1 saturated heterocycles. The number of carbonyl (C=O) groups excluding carboxylic acids is 1. The first-order valence-corrected chi connectivity index (χ1v) is 14.2. The summed E-state index contributed by atoms with van der Waals surface area (Å²) in [6, 6.07) is 15.2. The SMILES string of the molecule is Cc1nn(C)c(C)c1NS(=O)(=O)c1ccc(-c2cccc(CN3CCN(C(=O)OC(C)(C)C)CC3)c2)cc1. The van der Waals surface area contributed by atoms with E-state index in [-0.39, 0.29) is 11.0 Å². The van der Waals surface area contributed by atoms with Crippen molar-refractivity contribution < 1.29 is 17.9 Å². The van der Waals surface area contributed by atoms with Crippen LogP contribution in [-0.4, -0.2) is 65.9 Å². The largest absolute Gasteiger partial charge is 0.444 e. The zero-order valence-corrected chi connectivity index (χ0v) is 23.8. The second-order valence-electron chi connectivity index (χ2n) is 10.7. The van der Waals surface area contributed by atoms with Crippen LogP contribution in [0.25, 0.3) is 11.1 Å². The molecule has 1 amide bonds. The summed E-state index contributed by atoms with van der Waals surface area (Å²) in [4.78, 5) is 16.6. The van der Waals surface area contributed by atoms with Gasteiger partial charge in [-0.05, 0) is 69.5 Å². The van der Waals surface area contributed by atoms with Gasteiger partial charge in [0.15, 0.2) is 0 Å². The van der Waals surface area contributed by atoms with Crippen molar-refractivity contribution in [1.29, 1.82) is 0 Å². The third kappa shape index (κ3) is 6.54. The summed E-state index contributed by atoms with van der Waals surface area (Å²) in [7, 11) is -1.95. The molecular weight excluding hydrogens is 502 g/mol. The number of carbonyl (C=O) groups is 1. The molecule has 3 aromatic rings. The van der Waals surface area contributed by atoms with Gasteiger partial charge in [-0.25, -0.2) is 13.2 Å². The maximum atomic E-state index is 13.0. The Labute approximate surface area is 225 Å². The monoisotopic (exact) mass is 539 g/mol. The van der Waals surface area contributed by atoms with Crippen LogP contribution in [0.2, 0.25) is 0 Å². The average molecular weight is 540 g/mol. The lowest BCUT2D eigenvalue weighted by molar-refractivity contribution is 0.0139. The number of benzene rings is 2. The van der Waals surface area contributed by atoms with Crippen LogP contribution < -0.4 is 4.72 Å². The van der Waals surface area contributed by atoms with E-state index < -0.39 is 15.6 Å². The summed E-state index contributed by atoms with van der Waals surface area (Å²) in [5.41, 5.74) is 4.52. The number of ether oxygens (including phenoxy) is 1. The van der Waals surface area contributed by atoms with E-state index in [1.807, 2.05) is 52.0 Å². The molecule has 0 spiro atoms. The van der Waals surface area contributed by atoms with Crippen LogP contribution in [0.4, 0.5) is 10.5 Å². The number of anilines is 1. The quantitative estimate of drug-likeness (QED) is 0.493. The smallest absolute Gasteiger partial charge is 0.410 e. The number of aromatic nitrogens is 2. The van der Waals surface area contributed by atoms with Gasteiger partial charge in [0.2, 0.25) is 0 Å². The first kappa shape index (κ1) is 27.7. The van der Waals surface area contributed by atoms with Crippen LogP contribution >= 0.6 is 0 Å². The van der Waals surface area contributed by atoms with Crippen molar-refractivity contribution in [2.24, 2.45) is 7.05 Å². The predicted molar refractivity (Wildman–Crippen MR) is 148 cm³/mol. The van der Waals surface area contributed by atoms with Gasteiger partial charge in [-0.15, -0.1) is 0 Å². The Morgan fingerprint density at radius 2 is 1.66 bits per heavy atom. The molecule has 0 bridgehead atoms. The summed E-state index contributed by atoms with van der Waals surface area (Å²) in [6.45, 7) is 12.8. The Hall–Kier alpha value is -3.37. The highest BCUT2D eigenvalue weighted by atomic mass is 32.2. The van der Waals surface area contributed by atoms with Gasteiger partial charge in [-0.3, -0.25) is 14.3 Å². The van der Waals surface area contributed by atoms with Crippen LogP contribution in [-0.2, 0) is 28.4 Å². The predicted octanol–water partition coefficient (Wildman–Crippen LogP) is 4.56. The Morgan fingerprint density at radius 3 is 2.24 bits per heavy atom. The highest BCUT2D eigenvalue weighted by molar-refractivity contribution is 7.92. The van der Waals surface area contributed by atoms with Crippen molar-refractivity contribution in [3.05, 3.63) is 65.5 Å². The Balaban J connectivity index is 1.39. The van der Waals surface area contributed by atoms with E-state index in [4.69, 9.17) is 4.74 Å². The number of rotatable bonds is 6. The fourth-order valence-electron chi connectivity index (χ4n) is 4.46. The lowest BCUT2D eigenvalue weighted by Gasteiger charge is -2.35. The zero-order chi connectivity index (χ0) is 27.7. The molecule has 0 saturated carbocycles. The van der Waals surface area contributed by atoms with E-state index >= 15 is 0 Å². The summed E-state index contributed by atoms with van der Waals surface area (Å²) in [6.07, 6.45) is -0.259. The molecule has 1 N–H and O–H groups in total. The van der Waals surface area contributed by atoms with Gasteiger partial charge in [-0.1, -0.05) is 30.3 Å². The third-order valence-electron chi connectivity index (χ3n) is 6.60. The Kier molecular flexibility index (Phi) is 7.85. The van der Waals surface area contributed by atoms with Crippen LogP contribution in [0.15, 0.2) is 53.4 Å². The van der Waals surface area contributed by atoms with Gasteiger partial charge >= 0.3 is 6.09 Å². The van der Waals surface area contributed by atoms with Crippen LogP contribution in [0.3, 0.4) is 0 Å². The minimum atomic E-state index is -3.74. The molecule has 1 aliphatic rings. The topological polar surface area (TPSA) is 96.8 Å². The average Bonchev–Trinajstić information content (AvgIpc) is 3.09. The molecule has 204 valence electrons. The van der Waals surface area contributed by atoms with Crippen molar-refractivity contribution >= 4 is 21.8 Å². The molecule has 0 atom stereocenters. The number of piperazine rings is 1. The molecule has 38 heavy (non-hydrogen) atoms. The van der Waals surface area contributed by atoms with Crippen LogP contribution in [0, 0.1) is 13.8 Å². The van der Waals surface area contributed by atoms with Crippen molar-refractivity contribution in [2.45, 2.75) is 51.7 Å². The van der Waals surface area contributed by atoms with Gasteiger partial charge in [0.1, 0.15) is 5.60 Å². The van der Waals surface area contributed by atoms with Gasteiger partial charge in [0.05, 0.1) is 22.0 Å². The maximum Gasteiger partial charge on any atom is 0.410 e. The second-order valence-corrected chi connectivity index (χ2v) is 12.4. The normalized spacial score (nSPS) is 14.9. The van der Waals surface area contributed by atoms with E-state index in [9.17, 15) is 13.2 Å². The van der Waals surface area contributed by atoms with Crippen molar-refractivity contribution in [3.8, 4) is 11.1 Å². The summed E-state index contributed by atoms with van der Waals surface area (Å²) < 4.78 is 35.8. The summed E-state index contributed by atoms with van der Waals surface area (Å²) >= 11 is 0. The lowest BCUT2D eigenvalue weighted by Crippen LogP contribution is -2.49. The van der Waals surface area contributed by atoms with Gasteiger partial charge in [0.25, 0.3) is 10.0 Å². The minimum absolute atomic E-state index is 0.197. The molecule has 2 heterocycles. The standard InChI is InChI=1S/C28H37N5O4S/c1-20-26(21(2)31(6)29-20)30-38(35,36)25-12-10-23(11-13-25)24-9-7-8-22(18-24)19-32-14-16-33(17-15-32)27(34)37-28(3,4)5/h7-13,18,30H,14-17,19H2,1-6H3. The number of hydrogen-bond donors (Lipinski definition) is 1. The fourth-order valence-corrected chi connectivity index (χ4v) is 5.64. The second kappa shape index (κ2) is 10.8. The molecule has 1 aromatic heterocycles. The van der Waals surface area contributed by atoms with Gasteiger partial charge < -0.3 is 9.64 Å². The molecule has 1 aliphatic heterocycles. The van der Waals surface area contributed by atoms with Crippen molar-refractivity contribution in [3.63, 3.8) is 0 Å². The molecule has 1 fully saturated rings. The van der Waals surface area contributed by atoms with Crippen LogP contribution in [0.1, 0.15) is 37.7 Å². The van der Waals surface area contributed by atoms with E-state index in [1.54, 1.807) is 35.7 Å². The number of hydrogen-bond acceptors (Lipinski definition) is 6. The summed E-state index contributed by atoms with van der Waals surface area (Å²) in [5.74, 6) is 0. The van der Waals surface area contributed by atoms with Gasteiger partial charge in [-0.2, -0.15) is 5.10 Å². The molecule has 0 aliphatic carbocycles. The fraction of sp³-hybridized carbons (Fsp3) is 0.429. The molecule has 9 nitrogen and oxygen atoms in total. The molecule has 2 aromatic carbocycles. The highest BCUT2D eigenvalue weighted by Crippen LogP contribution is 2.26. The molecule has 10 heteroatoms. The Morgan fingerprint density at radius 1 is 1.00 bits per heavy atom. The van der Waals surface area contributed by atoms with Crippen LogP contribution in [0.5, 0.6) is 0 Å². The lowest BCUT2D eigenvalue weighted by atomic mass is 10.0. The number of sulfonamides is 1. The number of nitrogens with zero attached hydrogens (tertiary/aromatic N) is 4. The number of nitrogens with one attached hydrogen (secondary N) is 1. The molecule has 4 rings (SSSR count). The number of aryl methyl sites for hydroxylation is 2. The third-order valence-corrected chi connectivity index (χ3v) is 7.97. The summed E-state index contributed by atoms with van der Waals surface area (Å²) in [5, 5.41) is 4.28. The van der Waals surface area contributed by atoms with Crippen molar-refractivity contribution in [1.82, 2.24) is 19.6 Å². The van der Waals surface area contributed by atoms with E-state index in [1.165, 1.54) is 0 Å². The van der Waals surface area contributed by atoms with E-state index in [2.05, 4.69) is 26.9 Å².